The van der Waals surface area contributed by atoms with Crippen LogP contribution in [0.25, 0.3) is 55.4 Å². The highest BCUT2D eigenvalue weighted by molar-refractivity contribution is 6.14. The second-order valence-electron chi connectivity index (χ2n) is 14.0. The summed E-state index contributed by atoms with van der Waals surface area (Å²) in [5.41, 5.74) is 11.0. The fourth-order valence-electron chi connectivity index (χ4n) is 7.17. The zero-order chi connectivity index (χ0) is 40.2. The topological polar surface area (TPSA) is 102 Å². The summed E-state index contributed by atoms with van der Waals surface area (Å²) < 4.78 is 11.6. The monoisotopic (exact) mass is 762 g/mol. The lowest BCUT2D eigenvalue weighted by Gasteiger charge is -2.16. The molecular weight excluding hydrogens is 721 g/mol. The third kappa shape index (κ3) is 7.60. The number of methoxy groups -OCH3 is 2. The number of hydrogen-bond acceptors (Lipinski definition) is 6. The van der Waals surface area contributed by atoms with Crippen LogP contribution in [0, 0.1) is 0 Å². The predicted molar refractivity (Wildman–Crippen MR) is 234 cm³/mol. The molecule has 8 aromatic rings. The molecule has 0 atom stereocenters. The number of anilines is 2. The number of pyridine rings is 2. The lowest BCUT2D eigenvalue weighted by atomic mass is 10.0. The van der Waals surface area contributed by atoms with E-state index in [4.69, 9.17) is 19.4 Å². The summed E-state index contributed by atoms with van der Waals surface area (Å²) in [5, 5.41) is 7.66. The molecule has 0 unspecified atom stereocenters. The third-order valence-corrected chi connectivity index (χ3v) is 10.5. The van der Waals surface area contributed by atoms with Crippen molar-refractivity contribution in [3.63, 3.8) is 0 Å². The molecule has 8 rings (SSSR count). The first-order valence-electron chi connectivity index (χ1n) is 19.3. The van der Waals surface area contributed by atoms with Gasteiger partial charge in [0.1, 0.15) is 11.5 Å². The number of benzene rings is 6. The van der Waals surface area contributed by atoms with Crippen LogP contribution < -0.4 is 20.1 Å². The molecule has 6 aromatic carbocycles. The largest absolute Gasteiger partial charge is 0.495 e. The molecule has 0 saturated carbocycles. The number of nitrogens with one attached hydrogen (secondary N) is 2. The van der Waals surface area contributed by atoms with E-state index in [1.165, 1.54) is 11.1 Å². The average molecular weight is 763 g/mol. The van der Waals surface area contributed by atoms with Gasteiger partial charge < -0.3 is 20.1 Å². The fourth-order valence-corrected chi connectivity index (χ4v) is 7.17. The number of nitrogens with zero attached hydrogens (tertiary/aromatic N) is 2. The minimum Gasteiger partial charge on any atom is -0.495 e. The molecule has 8 nitrogen and oxygen atoms in total. The van der Waals surface area contributed by atoms with E-state index in [0.29, 0.717) is 34.0 Å². The van der Waals surface area contributed by atoms with E-state index in [9.17, 15) is 9.59 Å². The number of para-hydroxylation sites is 2. The first kappa shape index (κ1) is 37.6. The molecule has 2 amide bonds. The lowest BCUT2D eigenvalue weighted by Crippen LogP contribution is -2.14. The van der Waals surface area contributed by atoms with Crippen molar-refractivity contribution in [2.45, 2.75) is 26.7 Å². The number of carbonyl (C=O) groups excluding carboxylic acids is 2. The van der Waals surface area contributed by atoms with Gasteiger partial charge in [-0.05, 0) is 83.6 Å². The number of ether oxygens (including phenoxy) is 2. The van der Waals surface area contributed by atoms with Gasteiger partial charge in [0.05, 0.1) is 59.1 Å². The Bertz CT molecular complexity index is 2620. The molecule has 0 fully saturated rings. The van der Waals surface area contributed by atoms with Gasteiger partial charge in [0, 0.05) is 21.9 Å². The Kier molecular flexibility index (Phi) is 10.6. The summed E-state index contributed by atoms with van der Waals surface area (Å²) in [7, 11) is 3.14. The van der Waals surface area contributed by atoms with E-state index in [1.54, 1.807) is 14.2 Å². The van der Waals surface area contributed by atoms with Gasteiger partial charge in [0.15, 0.2) is 0 Å². The van der Waals surface area contributed by atoms with Gasteiger partial charge >= 0.3 is 0 Å². The average Bonchev–Trinajstić information content (AvgIpc) is 3.28. The Morgan fingerprint density at radius 2 is 0.862 bits per heavy atom. The highest BCUT2D eigenvalue weighted by atomic mass is 16.5. The van der Waals surface area contributed by atoms with Gasteiger partial charge in [0.2, 0.25) is 0 Å². The molecule has 0 bridgehead atoms. The Hall–Kier alpha value is -7.32. The van der Waals surface area contributed by atoms with Crippen LogP contribution in [0.15, 0.2) is 146 Å². The van der Waals surface area contributed by atoms with Crippen molar-refractivity contribution < 1.29 is 19.1 Å². The van der Waals surface area contributed by atoms with Crippen LogP contribution in [0.1, 0.15) is 45.7 Å². The normalized spacial score (nSPS) is 11.0. The van der Waals surface area contributed by atoms with Crippen molar-refractivity contribution >= 4 is 45.0 Å². The summed E-state index contributed by atoms with van der Waals surface area (Å²) in [6.07, 6.45) is 1.88. The minimum absolute atomic E-state index is 0.277. The Morgan fingerprint density at radius 1 is 0.483 bits per heavy atom. The van der Waals surface area contributed by atoms with Gasteiger partial charge in [-0.1, -0.05) is 111 Å². The molecule has 0 aliphatic heterocycles. The summed E-state index contributed by atoms with van der Waals surface area (Å²) in [5.74, 6) is 0.420. The van der Waals surface area contributed by atoms with E-state index < -0.39 is 0 Å². The number of fused-ring (bicyclic) bond motifs is 2. The Morgan fingerprint density at radius 3 is 1.24 bits per heavy atom. The van der Waals surface area contributed by atoms with Crippen LogP contribution >= 0.6 is 0 Å². The van der Waals surface area contributed by atoms with Crippen molar-refractivity contribution in [1.29, 1.82) is 0 Å². The van der Waals surface area contributed by atoms with Crippen molar-refractivity contribution in [1.82, 2.24) is 9.97 Å². The molecule has 0 spiro atoms. The maximum Gasteiger partial charge on any atom is 0.256 e. The van der Waals surface area contributed by atoms with Gasteiger partial charge in [0.25, 0.3) is 11.8 Å². The Labute approximate surface area is 337 Å². The number of amides is 2. The number of aryl methyl sites for hydroxylation is 2. The number of hydrogen-bond donors (Lipinski definition) is 2. The highest BCUT2D eigenvalue weighted by Crippen LogP contribution is 2.36. The van der Waals surface area contributed by atoms with Gasteiger partial charge in [-0.15, -0.1) is 0 Å². The predicted octanol–water partition coefficient (Wildman–Crippen LogP) is 11.4. The van der Waals surface area contributed by atoms with Gasteiger partial charge in [-0.25, -0.2) is 9.97 Å². The smallest absolute Gasteiger partial charge is 0.256 e. The SMILES string of the molecule is CCc1ccc(-c2cc(C(=O)Nc3ccc(-c4ccc(NC(=O)c5cc(-c6ccc(CC)cc6)nc6ccccc56)c(OC)c4)cc3OC)c3ccccc3n2)cc1. The maximum absolute atomic E-state index is 14.0. The number of rotatable bonds is 11. The third-order valence-electron chi connectivity index (χ3n) is 10.5. The second-order valence-corrected chi connectivity index (χ2v) is 14.0. The van der Waals surface area contributed by atoms with E-state index in [-0.39, 0.29) is 11.8 Å². The summed E-state index contributed by atoms with van der Waals surface area (Å²) in [4.78, 5) is 37.7. The zero-order valence-corrected chi connectivity index (χ0v) is 32.8. The highest BCUT2D eigenvalue weighted by Gasteiger charge is 2.19. The summed E-state index contributed by atoms with van der Waals surface area (Å²) in [6.45, 7) is 4.24. The van der Waals surface area contributed by atoms with Crippen LogP contribution in [0.4, 0.5) is 11.4 Å². The van der Waals surface area contributed by atoms with Crippen LogP contribution in [0.3, 0.4) is 0 Å². The molecule has 58 heavy (non-hydrogen) atoms. The first-order chi connectivity index (χ1) is 28.3. The molecule has 0 aliphatic carbocycles. The number of aromatic nitrogens is 2. The van der Waals surface area contributed by atoms with Crippen molar-refractivity contribution in [3.05, 3.63) is 168 Å². The lowest BCUT2D eigenvalue weighted by molar-refractivity contribution is 0.102. The molecule has 2 heterocycles. The maximum atomic E-state index is 14.0. The van der Waals surface area contributed by atoms with Gasteiger partial charge in [-0.3, -0.25) is 9.59 Å². The molecule has 8 heteroatoms. The second kappa shape index (κ2) is 16.4. The van der Waals surface area contributed by atoms with E-state index in [0.717, 1.165) is 68.3 Å². The van der Waals surface area contributed by atoms with Gasteiger partial charge in [-0.2, -0.15) is 0 Å². The molecule has 0 radical (unpaired) electrons. The van der Waals surface area contributed by atoms with Crippen LogP contribution in [0.2, 0.25) is 0 Å². The Balaban J connectivity index is 1.05. The van der Waals surface area contributed by atoms with Crippen LogP contribution in [-0.2, 0) is 12.8 Å². The van der Waals surface area contributed by atoms with Crippen LogP contribution in [0.5, 0.6) is 11.5 Å². The van der Waals surface area contributed by atoms with Crippen molar-refractivity contribution in [2.24, 2.45) is 0 Å². The number of carbonyl (C=O) groups is 2. The van der Waals surface area contributed by atoms with Crippen molar-refractivity contribution in [3.8, 4) is 45.1 Å². The zero-order valence-electron chi connectivity index (χ0n) is 32.8. The van der Waals surface area contributed by atoms with E-state index in [1.807, 2.05) is 121 Å². The van der Waals surface area contributed by atoms with E-state index in [2.05, 4.69) is 48.7 Å². The summed E-state index contributed by atoms with van der Waals surface area (Å²) in [6, 6.07) is 46.7. The molecule has 286 valence electrons. The minimum atomic E-state index is -0.277. The van der Waals surface area contributed by atoms with Crippen LogP contribution in [-0.4, -0.2) is 36.0 Å². The molecular formula is C50H42N4O4. The first-order valence-corrected chi connectivity index (χ1v) is 19.3. The fraction of sp³-hybridized carbons (Fsp3) is 0.120. The molecule has 0 aliphatic rings. The summed E-state index contributed by atoms with van der Waals surface area (Å²) >= 11 is 0. The van der Waals surface area contributed by atoms with Crippen molar-refractivity contribution in [2.75, 3.05) is 24.9 Å². The molecule has 2 N–H and O–H groups in total. The van der Waals surface area contributed by atoms with E-state index >= 15 is 0 Å². The quantitative estimate of drug-likeness (QED) is 0.136. The molecule has 0 saturated heterocycles. The molecule has 2 aromatic heterocycles. The standard InChI is InChI=1S/C50H42N4O4/c1-5-31-15-19-33(20-16-31)45-29-39(37-11-7-9-13-41(37)51-45)49(55)53-43-25-23-35(27-47(43)57-3)36-24-26-44(48(28-36)58-4)54-50(56)40-30-46(34-21-17-32(6-2)18-22-34)52-42-14-10-8-12-38(40)42/h7-30H,5-6H2,1-4H3,(H,53,55)(H,54,56).